The summed E-state index contributed by atoms with van der Waals surface area (Å²) in [6, 6.07) is -13.8. The Kier molecular flexibility index (Phi) is 26.5. The number of amides is 10. The number of aliphatic carboxylic acids is 1. The number of aliphatic hydroxyl groups is 3. The van der Waals surface area contributed by atoms with Crippen LogP contribution in [0.3, 0.4) is 0 Å². The largest absolute Gasteiger partial charge is 0.480 e. The van der Waals surface area contributed by atoms with E-state index in [-0.39, 0.29) is 30.6 Å². The predicted octanol–water partition coefficient (Wildman–Crippen LogP) is -5.01. The van der Waals surface area contributed by atoms with E-state index < -0.39 is 157 Å². The number of nitrogens with two attached hydrogens (primary N) is 1. The molecular weight excluding hydrogens is 923 g/mol. The SMILES string of the molecule is CC(C)C[C@H](NC(=O)[C@H](C)NC(=O)[C@@H](NC(=O)[C@@H](NC(=O)[C@H](CCC(N)=O)NC(=O)[C@H](CO)NC(=O)[C@@H](NC(=O)[C@H](CC(C)C)NC(=O)[C@@H]1CCCN1)C(C)C)[C@@H](C)O)[C@@H](C)O)C(=O)N[C@@H](C)C(=O)O. The van der Waals surface area contributed by atoms with Crippen molar-refractivity contribution < 1.29 is 73.2 Å². The van der Waals surface area contributed by atoms with Gasteiger partial charge in [0.25, 0.3) is 0 Å². The average Bonchev–Trinajstić information content (AvgIpc) is 3.81. The number of carboxylic acid groups (broad SMARTS) is 1. The molecule has 0 aromatic carbocycles. The lowest BCUT2D eigenvalue weighted by Gasteiger charge is -2.29. The van der Waals surface area contributed by atoms with E-state index in [1.807, 2.05) is 13.8 Å². The van der Waals surface area contributed by atoms with Gasteiger partial charge in [0.2, 0.25) is 59.1 Å². The lowest BCUT2D eigenvalue weighted by atomic mass is 9.99. The molecule has 0 aromatic heterocycles. The van der Waals surface area contributed by atoms with Crippen LogP contribution in [0, 0.1) is 17.8 Å². The van der Waals surface area contributed by atoms with Crippen molar-refractivity contribution in [1.82, 2.24) is 53.2 Å². The minimum absolute atomic E-state index is 0.0351. The first-order valence-corrected chi connectivity index (χ1v) is 23.5. The Balaban J connectivity index is 3.20. The molecule has 0 saturated carbocycles. The second kappa shape index (κ2) is 29.9. The van der Waals surface area contributed by atoms with Crippen LogP contribution in [0.5, 0.6) is 0 Å². The third kappa shape index (κ3) is 21.3. The van der Waals surface area contributed by atoms with Crippen molar-refractivity contribution >= 4 is 65.0 Å². The normalized spacial score (nSPS) is 18.2. The molecule has 16 N–H and O–H groups in total. The second-order valence-corrected chi connectivity index (χ2v) is 18.8. The standard InChI is InChI=1S/C44H77N11O15/c1-19(2)16-28(38(63)48-23(8)44(69)70)50-35(60)22(7)47-42(67)33(24(9)57)55-43(68)34(25(10)58)54-37(62)27(13-14-31(45)59)49-40(65)30(18-56)52-41(66)32(21(5)6)53-39(64)29(17-20(3)4)51-36(61)26-12-11-15-46-26/h19-30,32-34,46,56-58H,11-18H2,1-10H3,(H2,45,59)(H,47,67)(H,48,63)(H,49,65)(H,50,60)(H,51,61)(H,52,66)(H,53,64)(H,54,62)(H,55,68)(H,69,70)/t22-,23-,24+,25+,26-,27-,28-,29-,30-,32-,33-,34-/m0/s1. The van der Waals surface area contributed by atoms with E-state index in [4.69, 9.17) is 5.73 Å². The Morgan fingerprint density at radius 2 is 0.943 bits per heavy atom. The summed E-state index contributed by atoms with van der Waals surface area (Å²) in [5, 5.41) is 65.0. The fourth-order valence-electron chi connectivity index (χ4n) is 7.01. The Labute approximate surface area is 407 Å². The number of primary amides is 1. The Bertz CT molecular complexity index is 1840. The predicted molar refractivity (Wildman–Crippen MR) is 250 cm³/mol. The maximum Gasteiger partial charge on any atom is 0.325 e. The third-order valence-corrected chi connectivity index (χ3v) is 11.0. The van der Waals surface area contributed by atoms with E-state index in [0.29, 0.717) is 13.0 Å². The molecule has 0 radical (unpaired) electrons. The highest BCUT2D eigenvalue weighted by Gasteiger charge is 2.37. The Morgan fingerprint density at radius 1 is 0.529 bits per heavy atom. The van der Waals surface area contributed by atoms with Gasteiger partial charge in [-0.05, 0) is 84.1 Å². The fraction of sp³-hybridized carbons (Fsp3) is 0.750. The minimum atomic E-state index is -1.90. The van der Waals surface area contributed by atoms with Crippen LogP contribution in [0.25, 0.3) is 0 Å². The van der Waals surface area contributed by atoms with Crippen LogP contribution in [0.4, 0.5) is 0 Å². The maximum absolute atomic E-state index is 13.7. The van der Waals surface area contributed by atoms with Crippen LogP contribution in [0.2, 0.25) is 0 Å². The first-order valence-electron chi connectivity index (χ1n) is 23.5. The molecule has 1 fully saturated rings. The smallest absolute Gasteiger partial charge is 0.325 e. The van der Waals surface area contributed by atoms with Gasteiger partial charge in [-0.1, -0.05) is 41.5 Å². The van der Waals surface area contributed by atoms with Crippen LogP contribution in [0.15, 0.2) is 0 Å². The van der Waals surface area contributed by atoms with E-state index in [1.165, 1.54) is 13.8 Å². The van der Waals surface area contributed by atoms with Crippen molar-refractivity contribution in [2.75, 3.05) is 13.2 Å². The first-order chi connectivity index (χ1) is 32.5. The molecule has 0 aromatic rings. The fourth-order valence-corrected chi connectivity index (χ4v) is 7.01. The molecule has 398 valence electrons. The molecule has 1 saturated heterocycles. The number of carbonyl (C=O) groups is 11. The van der Waals surface area contributed by atoms with Gasteiger partial charge in [0.05, 0.1) is 24.9 Å². The number of aliphatic hydroxyl groups excluding tert-OH is 3. The van der Waals surface area contributed by atoms with Crippen LogP contribution in [0.1, 0.15) is 108 Å². The lowest BCUT2D eigenvalue weighted by Crippen LogP contribution is -2.63. The van der Waals surface area contributed by atoms with Gasteiger partial charge in [0, 0.05) is 6.42 Å². The number of carbonyl (C=O) groups excluding carboxylic acids is 10. The van der Waals surface area contributed by atoms with E-state index in [1.54, 1.807) is 27.7 Å². The van der Waals surface area contributed by atoms with Crippen molar-refractivity contribution in [3.63, 3.8) is 0 Å². The third-order valence-electron chi connectivity index (χ3n) is 11.0. The van der Waals surface area contributed by atoms with Crippen molar-refractivity contribution in [2.24, 2.45) is 23.5 Å². The van der Waals surface area contributed by atoms with Gasteiger partial charge in [-0.25, -0.2) is 0 Å². The van der Waals surface area contributed by atoms with Crippen molar-refractivity contribution in [1.29, 1.82) is 0 Å². The topological polar surface area (TPSA) is 415 Å². The van der Waals surface area contributed by atoms with Crippen molar-refractivity contribution in [3.8, 4) is 0 Å². The summed E-state index contributed by atoms with van der Waals surface area (Å²) < 4.78 is 0. The molecule has 0 bridgehead atoms. The molecule has 1 aliphatic heterocycles. The zero-order valence-corrected chi connectivity index (χ0v) is 41.7. The van der Waals surface area contributed by atoms with E-state index >= 15 is 0 Å². The molecule has 12 atom stereocenters. The molecule has 1 aliphatic rings. The molecular formula is C44H77N11O15. The lowest BCUT2D eigenvalue weighted by molar-refractivity contribution is -0.142. The number of hydrogen-bond donors (Lipinski definition) is 15. The number of rotatable bonds is 30. The highest BCUT2D eigenvalue weighted by Crippen LogP contribution is 2.12. The maximum atomic E-state index is 13.7. The summed E-state index contributed by atoms with van der Waals surface area (Å²) >= 11 is 0. The van der Waals surface area contributed by atoms with Crippen LogP contribution in [-0.2, 0) is 52.7 Å². The summed E-state index contributed by atoms with van der Waals surface area (Å²) in [5.41, 5.74) is 5.31. The minimum Gasteiger partial charge on any atom is -0.480 e. The number of nitrogens with one attached hydrogen (secondary N) is 10. The van der Waals surface area contributed by atoms with Gasteiger partial charge in [-0.3, -0.25) is 52.7 Å². The summed E-state index contributed by atoms with van der Waals surface area (Å²) in [7, 11) is 0. The zero-order chi connectivity index (χ0) is 53.7. The molecule has 1 heterocycles. The van der Waals surface area contributed by atoms with E-state index in [2.05, 4.69) is 53.2 Å². The Hall–Kier alpha value is -5.99. The second-order valence-electron chi connectivity index (χ2n) is 18.8. The molecule has 0 unspecified atom stereocenters. The molecule has 70 heavy (non-hydrogen) atoms. The average molecular weight is 1000 g/mol. The molecule has 1 rings (SSSR count). The molecule has 0 spiro atoms. The monoisotopic (exact) mass is 1000 g/mol. The van der Waals surface area contributed by atoms with Crippen molar-refractivity contribution in [3.05, 3.63) is 0 Å². The van der Waals surface area contributed by atoms with Crippen LogP contribution >= 0.6 is 0 Å². The van der Waals surface area contributed by atoms with Gasteiger partial charge >= 0.3 is 5.97 Å². The number of hydrogen-bond acceptors (Lipinski definition) is 15. The van der Waals surface area contributed by atoms with E-state index in [9.17, 15) is 73.2 Å². The van der Waals surface area contributed by atoms with Gasteiger partial charge < -0.3 is 79.3 Å². The van der Waals surface area contributed by atoms with Gasteiger partial charge in [-0.15, -0.1) is 0 Å². The summed E-state index contributed by atoms with van der Waals surface area (Å²) in [4.78, 5) is 143. The highest BCUT2D eigenvalue weighted by molar-refractivity contribution is 5.99. The zero-order valence-electron chi connectivity index (χ0n) is 41.7. The van der Waals surface area contributed by atoms with Crippen LogP contribution < -0.4 is 58.9 Å². The van der Waals surface area contributed by atoms with E-state index in [0.717, 1.165) is 20.3 Å². The summed E-state index contributed by atoms with van der Waals surface area (Å²) in [6.45, 7) is 14.7. The van der Waals surface area contributed by atoms with Crippen molar-refractivity contribution in [2.45, 2.75) is 180 Å². The Morgan fingerprint density at radius 3 is 1.40 bits per heavy atom. The van der Waals surface area contributed by atoms with Gasteiger partial charge in [0.1, 0.15) is 54.4 Å². The number of carboxylic acids is 1. The molecule has 10 amide bonds. The van der Waals surface area contributed by atoms with Gasteiger partial charge in [-0.2, -0.15) is 0 Å². The quantitative estimate of drug-likeness (QED) is 0.0320. The molecule has 26 nitrogen and oxygen atoms in total. The summed E-state index contributed by atoms with van der Waals surface area (Å²) in [5.74, 6) is -11.3. The first kappa shape index (κ1) is 62.0. The van der Waals surface area contributed by atoms with Crippen LogP contribution in [-0.4, -0.2) is 171 Å². The summed E-state index contributed by atoms with van der Waals surface area (Å²) in [6.07, 6.45) is -2.66. The highest BCUT2D eigenvalue weighted by atomic mass is 16.4. The molecule has 0 aliphatic carbocycles. The molecule has 26 heteroatoms. The van der Waals surface area contributed by atoms with Gasteiger partial charge in [0.15, 0.2) is 0 Å².